The van der Waals surface area contributed by atoms with Crippen LogP contribution in [-0.4, -0.2) is 29.4 Å². The molecule has 0 heterocycles. The highest BCUT2D eigenvalue weighted by Gasteiger charge is 2.14. The summed E-state index contributed by atoms with van der Waals surface area (Å²) in [7, 11) is 1.51. The number of fused-ring (bicyclic) bond motifs is 1. The maximum absolute atomic E-state index is 12.4. The highest BCUT2D eigenvalue weighted by Crippen LogP contribution is 2.27. The van der Waals surface area contributed by atoms with Crippen LogP contribution < -0.4 is 10.2 Å². The van der Waals surface area contributed by atoms with Crippen LogP contribution >= 0.6 is 0 Å². The summed E-state index contributed by atoms with van der Waals surface area (Å²) >= 11 is 0. The third-order valence-corrected chi connectivity index (χ3v) is 3.74. The molecule has 0 radical (unpaired) electrons. The quantitative estimate of drug-likeness (QED) is 0.504. The fraction of sp³-hybridized carbons (Fsp3) is 0.0526. The number of carbonyl (C=O) groups is 1. The van der Waals surface area contributed by atoms with Gasteiger partial charge in [-0.3, -0.25) is 4.79 Å². The van der Waals surface area contributed by atoms with Crippen LogP contribution in [0.5, 0.6) is 17.2 Å². The Morgan fingerprint density at radius 1 is 1.08 bits per heavy atom. The Bertz CT molecular complexity index is 967. The molecule has 1 amide bonds. The maximum Gasteiger partial charge on any atom is 0.275 e. The van der Waals surface area contributed by atoms with Crippen molar-refractivity contribution in [1.82, 2.24) is 5.43 Å². The van der Waals surface area contributed by atoms with E-state index >= 15 is 0 Å². The summed E-state index contributed by atoms with van der Waals surface area (Å²) in [6.07, 6.45) is 1.30. The van der Waals surface area contributed by atoms with Crippen molar-refractivity contribution in [3.8, 4) is 17.2 Å². The van der Waals surface area contributed by atoms with Gasteiger partial charge in [0.25, 0.3) is 5.91 Å². The molecule has 0 spiro atoms. The number of phenolic OH excluding ortho intramolecular Hbond substituents is 2. The van der Waals surface area contributed by atoms with Crippen molar-refractivity contribution in [2.75, 3.05) is 7.11 Å². The van der Waals surface area contributed by atoms with Crippen LogP contribution in [0.1, 0.15) is 15.9 Å². The van der Waals surface area contributed by atoms with Crippen LogP contribution in [-0.2, 0) is 0 Å². The number of phenols is 2. The molecule has 0 saturated carbocycles. The molecule has 0 fully saturated rings. The lowest BCUT2D eigenvalue weighted by molar-refractivity contribution is 0.0954. The minimum atomic E-state index is -0.548. The zero-order chi connectivity index (χ0) is 17.8. The molecule has 3 N–H and O–H groups in total. The molecule has 126 valence electrons. The zero-order valence-electron chi connectivity index (χ0n) is 13.4. The molecule has 0 saturated heterocycles. The Kier molecular flexibility index (Phi) is 4.52. The van der Waals surface area contributed by atoms with Gasteiger partial charge < -0.3 is 14.9 Å². The normalized spacial score (nSPS) is 10.9. The third-order valence-electron chi connectivity index (χ3n) is 3.74. The SMILES string of the molecule is COc1ccc(O)c(C=NNC(=O)c2c(O)ccc3ccccc23)c1. The van der Waals surface area contributed by atoms with Gasteiger partial charge in [0.2, 0.25) is 0 Å². The Hall–Kier alpha value is -3.54. The van der Waals surface area contributed by atoms with Gasteiger partial charge in [-0.25, -0.2) is 5.43 Å². The molecule has 0 atom stereocenters. The lowest BCUT2D eigenvalue weighted by Crippen LogP contribution is -2.18. The lowest BCUT2D eigenvalue weighted by Gasteiger charge is -2.07. The van der Waals surface area contributed by atoms with Crippen molar-refractivity contribution in [3.63, 3.8) is 0 Å². The van der Waals surface area contributed by atoms with Crippen molar-refractivity contribution in [1.29, 1.82) is 0 Å². The molecule has 6 heteroatoms. The minimum absolute atomic E-state index is 0.00630. The molecule has 3 aromatic carbocycles. The molecular formula is C19H16N2O4. The number of hydrogen-bond acceptors (Lipinski definition) is 5. The van der Waals surface area contributed by atoms with Crippen LogP contribution in [0.4, 0.5) is 0 Å². The van der Waals surface area contributed by atoms with Crippen LogP contribution in [0.3, 0.4) is 0 Å². The molecule has 0 bridgehead atoms. The van der Waals surface area contributed by atoms with E-state index in [4.69, 9.17) is 4.74 Å². The first-order valence-electron chi connectivity index (χ1n) is 7.51. The first-order valence-corrected chi connectivity index (χ1v) is 7.51. The number of carbonyl (C=O) groups excluding carboxylic acids is 1. The topological polar surface area (TPSA) is 91.2 Å². The number of hydrogen-bond donors (Lipinski definition) is 3. The second-order valence-electron chi connectivity index (χ2n) is 5.30. The van der Waals surface area contributed by atoms with Crippen molar-refractivity contribution >= 4 is 22.9 Å². The molecule has 0 aliphatic carbocycles. The van der Waals surface area contributed by atoms with Crippen LogP contribution in [0.25, 0.3) is 10.8 Å². The Morgan fingerprint density at radius 3 is 2.64 bits per heavy atom. The predicted molar refractivity (Wildman–Crippen MR) is 95.3 cm³/mol. The van der Waals surface area contributed by atoms with Gasteiger partial charge in [-0.05, 0) is 35.0 Å². The number of ether oxygens (including phenoxy) is 1. The van der Waals surface area contributed by atoms with Crippen LogP contribution in [0.15, 0.2) is 59.7 Å². The van der Waals surface area contributed by atoms with Gasteiger partial charge in [0.05, 0.1) is 18.9 Å². The molecule has 0 aliphatic heterocycles. The van der Waals surface area contributed by atoms with E-state index in [1.807, 2.05) is 12.1 Å². The fourth-order valence-electron chi connectivity index (χ4n) is 2.48. The molecule has 0 aliphatic rings. The average Bonchev–Trinajstić information content (AvgIpc) is 2.63. The maximum atomic E-state index is 12.4. The first kappa shape index (κ1) is 16.3. The number of rotatable bonds is 4. The fourth-order valence-corrected chi connectivity index (χ4v) is 2.48. The largest absolute Gasteiger partial charge is 0.507 e. The summed E-state index contributed by atoms with van der Waals surface area (Å²) in [5, 5.41) is 25.1. The van der Waals surface area contributed by atoms with Crippen molar-refractivity contribution < 1.29 is 19.7 Å². The molecular weight excluding hydrogens is 320 g/mol. The van der Waals surface area contributed by atoms with Crippen molar-refractivity contribution in [2.24, 2.45) is 5.10 Å². The van der Waals surface area contributed by atoms with E-state index in [0.29, 0.717) is 16.7 Å². The average molecular weight is 336 g/mol. The molecule has 0 aromatic heterocycles. The molecule has 3 aromatic rings. The van der Waals surface area contributed by atoms with Crippen LogP contribution in [0, 0.1) is 0 Å². The molecule has 6 nitrogen and oxygen atoms in total. The molecule has 25 heavy (non-hydrogen) atoms. The summed E-state index contributed by atoms with van der Waals surface area (Å²) < 4.78 is 5.08. The first-order chi connectivity index (χ1) is 12.1. The summed E-state index contributed by atoms with van der Waals surface area (Å²) in [6, 6.07) is 15.1. The number of nitrogens with one attached hydrogen (secondary N) is 1. The molecule has 0 unspecified atom stereocenters. The Balaban J connectivity index is 1.85. The summed E-state index contributed by atoms with van der Waals surface area (Å²) in [5.74, 6) is -0.118. The van der Waals surface area contributed by atoms with E-state index < -0.39 is 5.91 Å². The standard InChI is InChI=1S/C19H16N2O4/c1-25-14-7-9-16(22)13(10-14)11-20-21-19(24)18-15-5-3-2-4-12(15)6-8-17(18)23/h2-11,22-23H,1H3,(H,21,24). The summed E-state index contributed by atoms with van der Waals surface area (Å²) in [4.78, 5) is 12.4. The third kappa shape index (κ3) is 3.37. The number of benzene rings is 3. The van der Waals surface area contributed by atoms with E-state index in [1.54, 1.807) is 30.3 Å². The van der Waals surface area contributed by atoms with Gasteiger partial charge >= 0.3 is 0 Å². The Morgan fingerprint density at radius 2 is 1.84 bits per heavy atom. The highest BCUT2D eigenvalue weighted by molar-refractivity contribution is 6.09. The predicted octanol–water partition coefficient (Wildman–Crippen LogP) is 3.02. The van der Waals surface area contributed by atoms with Gasteiger partial charge in [-0.15, -0.1) is 0 Å². The van der Waals surface area contributed by atoms with Gasteiger partial charge in [0.15, 0.2) is 0 Å². The van der Waals surface area contributed by atoms with E-state index in [1.165, 1.54) is 25.5 Å². The van der Waals surface area contributed by atoms with Crippen molar-refractivity contribution in [3.05, 3.63) is 65.7 Å². The van der Waals surface area contributed by atoms with E-state index in [-0.39, 0.29) is 17.1 Å². The highest BCUT2D eigenvalue weighted by atomic mass is 16.5. The van der Waals surface area contributed by atoms with E-state index in [2.05, 4.69) is 10.5 Å². The zero-order valence-corrected chi connectivity index (χ0v) is 13.4. The second-order valence-corrected chi connectivity index (χ2v) is 5.30. The smallest absolute Gasteiger partial charge is 0.275 e. The van der Waals surface area contributed by atoms with Gasteiger partial charge in [-0.2, -0.15) is 5.10 Å². The number of methoxy groups -OCH3 is 1. The number of nitrogens with zero attached hydrogens (tertiary/aromatic N) is 1. The summed E-state index contributed by atoms with van der Waals surface area (Å²) in [6.45, 7) is 0. The van der Waals surface area contributed by atoms with Gasteiger partial charge in [0.1, 0.15) is 17.2 Å². The van der Waals surface area contributed by atoms with Gasteiger partial charge in [0, 0.05) is 5.56 Å². The second kappa shape index (κ2) is 6.92. The number of hydrazone groups is 1. The summed E-state index contributed by atoms with van der Waals surface area (Å²) in [5.41, 5.74) is 2.90. The number of amides is 1. The van der Waals surface area contributed by atoms with Crippen LogP contribution in [0.2, 0.25) is 0 Å². The molecule has 3 rings (SSSR count). The Labute approximate surface area is 144 Å². The van der Waals surface area contributed by atoms with E-state index in [9.17, 15) is 15.0 Å². The van der Waals surface area contributed by atoms with Gasteiger partial charge in [-0.1, -0.05) is 30.3 Å². The van der Waals surface area contributed by atoms with Crippen molar-refractivity contribution in [2.45, 2.75) is 0 Å². The minimum Gasteiger partial charge on any atom is -0.507 e. The monoisotopic (exact) mass is 336 g/mol. The lowest BCUT2D eigenvalue weighted by atomic mass is 10.0. The number of aromatic hydroxyl groups is 2. The van der Waals surface area contributed by atoms with E-state index in [0.717, 1.165) is 5.39 Å².